The fourth-order valence-electron chi connectivity index (χ4n) is 2.43. The van der Waals surface area contributed by atoms with Crippen LogP contribution in [-0.2, 0) is 14.3 Å². The van der Waals surface area contributed by atoms with Gasteiger partial charge in [-0.25, -0.2) is 0 Å². The summed E-state index contributed by atoms with van der Waals surface area (Å²) in [5, 5.41) is 11.5. The Labute approximate surface area is 108 Å². The second-order valence-electron chi connectivity index (χ2n) is 4.94. The molecule has 5 heteroatoms. The van der Waals surface area contributed by atoms with E-state index < -0.39 is 11.6 Å². The lowest BCUT2D eigenvalue weighted by molar-refractivity contribution is -0.147. The third-order valence-corrected chi connectivity index (χ3v) is 3.41. The molecule has 1 atom stereocenters. The number of carboxylic acids is 1. The number of hydrogen-bond acceptors (Lipinski definition) is 3. The third-order valence-electron chi connectivity index (χ3n) is 3.41. The molecule has 0 heterocycles. The molecule has 0 bridgehead atoms. The SMILES string of the molecule is CCOC1(C(=O)NC(C)CCC(=O)O)CCCC1. The Kier molecular flexibility index (Phi) is 5.59. The molecule has 0 aliphatic heterocycles. The second-order valence-corrected chi connectivity index (χ2v) is 4.94. The standard InChI is InChI=1S/C13H23NO4/c1-3-18-13(8-4-5-9-13)12(17)14-10(2)6-7-11(15)16/h10H,3-9H2,1-2H3,(H,14,17)(H,15,16). The zero-order valence-electron chi connectivity index (χ0n) is 11.2. The number of carbonyl (C=O) groups excluding carboxylic acids is 1. The highest BCUT2D eigenvalue weighted by atomic mass is 16.5. The van der Waals surface area contributed by atoms with Crippen LogP contribution >= 0.6 is 0 Å². The molecule has 104 valence electrons. The van der Waals surface area contributed by atoms with Crippen molar-refractivity contribution in [2.75, 3.05) is 6.61 Å². The number of aliphatic carboxylic acids is 1. The van der Waals surface area contributed by atoms with E-state index in [0.29, 0.717) is 13.0 Å². The molecule has 0 spiro atoms. The minimum Gasteiger partial charge on any atom is -0.481 e. The van der Waals surface area contributed by atoms with Crippen LogP contribution in [0.4, 0.5) is 0 Å². The van der Waals surface area contributed by atoms with E-state index in [-0.39, 0.29) is 18.4 Å². The van der Waals surface area contributed by atoms with Crippen molar-refractivity contribution < 1.29 is 19.4 Å². The number of carboxylic acid groups (broad SMARTS) is 1. The van der Waals surface area contributed by atoms with E-state index in [0.717, 1.165) is 25.7 Å². The molecule has 18 heavy (non-hydrogen) atoms. The molecule has 1 aliphatic carbocycles. The highest BCUT2D eigenvalue weighted by Gasteiger charge is 2.42. The van der Waals surface area contributed by atoms with Gasteiger partial charge in [0.1, 0.15) is 5.60 Å². The summed E-state index contributed by atoms with van der Waals surface area (Å²) in [6.45, 7) is 4.24. The average Bonchev–Trinajstić information content (AvgIpc) is 2.77. The van der Waals surface area contributed by atoms with Gasteiger partial charge in [-0.1, -0.05) is 0 Å². The van der Waals surface area contributed by atoms with Crippen LogP contribution in [0.5, 0.6) is 0 Å². The highest BCUT2D eigenvalue weighted by molar-refractivity contribution is 5.85. The highest BCUT2D eigenvalue weighted by Crippen LogP contribution is 2.33. The number of carbonyl (C=O) groups is 2. The number of hydrogen-bond donors (Lipinski definition) is 2. The van der Waals surface area contributed by atoms with E-state index >= 15 is 0 Å². The van der Waals surface area contributed by atoms with E-state index in [9.17, 15) is 9.59 Å². The molecular formula is C13H23NO4. The lowest BCUT2D eigenvalue weighted by Gasteiger charge is -2.29. The Morgan fingerprint density at radius 3 is 2.50 bits per heavy atom. The van der Waals surface area contributed by atoms with Crippen LogP contribution in [0.25, 0.3) is 0 Å². The quantitative estimate of drug-likeness (QED) is 0.728. The van der Waals surface area contributed by atoms with Gasteiger partial charge < -0.3 is 15.2 Å². The van der Waals surface area contributed by atoms with Gasteiger partial charge in [0.2, 0.25) is 0 Å². The molecule has 1 amide bonds. The smallest absolute Gasteiger partial charge is 0.303 e. The maximum Gasteiger partial charge on any atom is 0.303 e. The van der Waals surface area contributed by atoms with E-state index in [4.69, 9.17) is 9.84 Å². The van der Waals surface area contributed by atoms with E-state index in [1.165, 1.54) is 0 Å². The average molecular weight is 257 g/mol. The van der Waals surface area contributed by atoms with E-state index in [1.807, 2.05) is 13.8 Å². The summed E-state index contributed by atoms with van der Waals surface area (Å²) in [5.41, 5.74) is -0.674. The van der Waals surface area contributed by atoms with Crippen LogP contribution in [0, 0.1) is 0 Å². The van der Waals surface area contributed by atoms with Crippen molar-refractivity contribution in [3.05, 3.63) is 0 Å². The van der Waals surface area contributed by atoms with Crippen LogP contribution in [0.3, 0.4) is 0 Å². The summed E-state index contributed by atoms with van der Waals surface area (Å²) >= 11 is 0. The van der Waals surface area contributed by atoms with Crippen molar-refractivity contribution in [2.24, 2.45) is 0 Å². The molecule has 0 radical (unpaired) electrons. The Morgan fingerprint density at radius 2 is 2.00 bits per heavy atom. The van der Waals surface area contributed by atoms with Crippen molar-refractivity contribution in [3.63, 3.8) is 0 Å². The fraction of sp³-hybridized carbons (Fsp3) is 0.846. The molecule has 0 saturated heterocycles. The van der Waals surface area contributed by atoms with E-state index in [1.54, 1.807) is 0 Å². The lowest BCUT2D eigenvalue weighted by Crippen LogP contribution is -2.49. The van der Waals surface area contributed by atoms with Gasteiger partial charge in [0, 0.05) is 19.1 Å². The van der Waals surface area contributed by atoms with Gasteiger partial charge in [-0.05, 0) is 46.0 Å². The monoisotopic (exact) mass is 257 g/mol. The van der Waals surface area contributed by atoms with Crippen LogP contribution in [0.15, 0.2) is 0 Å². The van der Waals surface area contributed by atoms with Crippen molar-refractivity contribution >= 4 is 11.9 Å². The summed E-state index contributed by atoms with van der Waals surface area (Å²) in [4.78, 5) is 22.7. The van der Waals surface area contributed by atoms with Gasteiger partial charge >= 0.3 is 5.97 Å². The molecule has 0 aromatic carbocycles. The molecule has 1 rings (SSSR count). The van der Waals surface area contributed by atoms with Crippen molar-refractivity contribution in [3.8, 4) is 0 Å². The first kappa shape index (κ1) is 15.0. The zero-order valence-corrected chi connectivity index (χ0v) is 11.2. The van der Waals surface area contributed by atoms with Crippen LogP contribution in [-0.4, -0.2) is 35.2 Å². The van der Waals surface area contributed by atoms with Gasteiger partial charge in [0.05, 0.1) is 0 Å². The number of nitrogens with one attached hydrogen (secondary N) is 1. The third kappa shape index (κ3) is 3.98. The van der Waals surface area contributed by atoms with Crippen LogP contribution in [0.2, 0.25) is 0 Å². The second kappa shape index (κ2) is 6.73. The molecule has 1 unspecified atom stereocenters. The van der Waals surface area contributed by atoms with Crippen molar-refractivity contribution in [1.82, 2.24) is 5.32 Å². The predicted molar refractivity (Wildman–Crippen MR) is 67.3 cm³/mol. The summed E-state index contributed by atoms with van der Waals surface area (Å²) in [6, 6.07) is -0.133. The van der Waals surface area contributed by atoms with Gasteiger partial charge in [-0.15, -0.1) is 0 Å². The zero-order chi connectivity index (χ0) is 13.6. The molecular weight excluding hydrogens is 234 g/mol. The van der Waals surface area contributed by atoms with Crippen molar-refractivity contribution in [2.45, 2.75) is 64.0 Å². The first-order valence-corrected chi connectivity index (χ1v) is 6.67. The summed E-state index contributed by atoms with van der Waals surface area (Å²) in [5.74, 6) is -0.920. The van der Waals surface area contributed by atoms with Crippen molar-refractivity contribution in [1.29, 1.82) is 0 Å². The molecule has 5 nitrogen and oxygen atoms in total. The van der Waals surface area contributed by atoms with Gasteiger partial charge in [0.25, 0.3) is 5.91 Å². The molecule has 0 aromatic heterocycles. The maximum atomic E-state index is 12.2. The number of rotatable bonds is 7. The first-order chi connectivity index (χ1) is 8.50. The summed E-state index contributed by atoms with van der Waals surface area (Å²) in [6.07, 6.45) is 4.07. The Bertz CT molecular complexity index is 297. The normalized spacial score (nSPS) is 19.4. The number of amides is 1. The topological polar surface area (TPSA) is 75.6 Å². The van der Waals surface area contributed by atoms with Gasteiger partial charge in [0.15, 0.2) is 0 Å². The molecule has 2 N–H and O–H groups in total. The Morgan fingerprint density at radius 1 is 1.39 bits per heavy atom. The van der Waals surface area contributed by atoms with Crippen LogP contribution in [0.1, 0.15) is 52.4 Å². The lowest BCUT2D eigenvalue weighted by atomic mass is 10.00. The first-order valence-electron chi connectivity index (χ1n) is 6.67. The van der Waals surface area contributed by atoms with Gasteiger partial charge in [-0.2, -0.15) is 0 Å². The minimum atomic E-state index is -0.837. The van der Waals surface area contributed by atoms with Gasteiger partial charge in [-0.3, -0.25) is 9.59 Å². The Hall–Kier alpha value is -1.10. The minimum absolute atomic E-state index is 0.0725. The molecule has 0 aromatic rings. The largest absolute Gasteiger partial charge is 0.481 e. The summed E-state index contributed by atoms with van der Waals surface area (Å²) < 4.78 is 5.65. The molecule has 1 fully saturated rings. The maximum absolute atomic E-state index is 12.2. The van der Waals surface area contributed by atoms with Crippen LogP contribution < -0.4 is 5.32 Å². The summed E-state index contributed by atoms with van der Waals surface area (Å²) in [7, 11) is 0. The molecule has 1 saturated carbocycles. The van der Waals surface area contributed by atoms with E-state index in [2.05, 4.69) is 5.32 Å². The predicted octanol–water partition coefficient (Wildman–Crippen LogP) is 1.71. The molecule has 1 aliphatic rings. The fourth-order valence-corrected chi connectivity index (χ4v) is 2.43. The Balaban J connectivity index is 2.49. The number of ether oxygens (including phenoxy) is 1.